The predicted octanol–water partition coefficient (Wildman–Crippen LogP) is 8.24. The van der Waals surface area contributed by atoms with E-state index in [1.807, 2.05) is 42.5 Å². The number of benzene rings is 4. The molecule has 0 amide bonds. The molecule has 0 atom stereocenters. The van der Waals surface area contributed by atoms with Crippen molar-refractivity contribution in [2.24, 2.45) is 0 Å². The van der Waals surface area contributed by atoms with E-state index in [1.165, 1.54) is 16.3 Å². The Balaban J connectivity index is 1.67. The van der Waals surface area contributed by atoms with Crippen LogP contribution in [-0.2, 0) is 6.42 Å². The molecule has 0 aliphatic carbocycles. The molecule has 0 unspecified atom stereocenters. The van der Waals surface area contributed by atoms with Crippen molar-refractivity contribution in [3.63, 3.8) is 0 Å². The number of phenolic OH excluding ortho intramolecular Hbond substituents is 1. The molecule has 152 valence electrons. The van der Waals surface area contributed by atoms with Crippen molar-refractivity contribution in [1.29, 1.82) is 0 Å². The smallest absolute Gasteiger partial charge is 0.361 e. The summed E-state index contributed by atoms with van der Waals surface area (Å²) in [4.78, 5) is 0. The Morgan fingerprint density at radius 1 is 0.774 bits per heavy atom. The van der Waals surface area contributed by atoms with Crippen LogP contribution in [0.5, 0.6) is 5.75 Å². The molecular formula is C29H25O2+. The monoisotopic (exact) mass is 405 g/mol. The lowest BCUT2D eigenvalue weighted by Gasteiger charge is -2.05. The Bertz CT molecular complexity index is 1430. The van der Waals surface area contributed by atoms with Crippen LogP contribution in [0, 0.1) is 0 Å². The Morgan fingerprint density at radius 3 is 2.29 bits per heavy atom. The molecule has 5 rings (SSSR count). The molecule has 0 radical (unpaired) electrons. The summed E-state index contributed by atoms with van der Waals surface area (Å²) in [6.45, 7) is 2.21. The van der Waals surface area contributed by atoms with Gasteiger partial charge in [0.1, 0.15) is 5.75 Å². The first-order valence-electron chi connectivity index (χ1n) is 10.9. The van der Waals surface area contributed by atoms with Crippen LogP contribution in [0.1, 0.15) is 36.7 Å². The Morgan fingerprint density at radius 2 is 1.48 bits per heavy atom. The van der Waals surface area contributed by atoms with Crippen LogP contribution in [0.2, 0.25) is 0 Å². The highest BCUT2D eigenvalue weighted by molar-refractivity contribution is 6.06. The fraction of sp³-hybridized carbons (Fsp3) is 0.138. The van der Waals surface area contributed by atoms with Crippen molar-refractivity contribution >= 4 is 44.7 Å². The van der Waals surface area contributed by atoms with Crippen molar-refractivity contribution < 1.29 is 9.52 Å². The van der Waals surface area contributed by atoms with Gasteiger partial charge in [0.05, 0.1) is 10.9 Å². The summed E-state index contributed by atoms with van der Waals surface area (Å²) in [5.74, 6) is 1.13. The zero-order chi connectivity index (χ0) is 21.2. The molecule has 1 aromatic heterocycles. The van der Waals surface area contributed by atoms with Gasteiger partial charge in [-0.15, -0.1) is 0 Å². The average molecular weight is 406 g/mol. The third-order valence-corrected chi connectivity index (χ3v) is 5.93. The molecule has 31 heavy (non-hydrogen) atoms. The molecule has 5 aromatic rings. The van der Waals surface area contributed by atoms with Gasteiger partial charge in [0, 0.05) is 17.7 Å². The van der Waals surface area contributed by atoms with Crippen LogP contribution in [0.15, 0.2) is 83.3 Å². The number of unbranched alkanes of at least 4 members (excludes halogenated alkanes) is 1. The van der Waals surface area contributed by atoms with E-state index in [1.54, 1.807) is 6.07 Å². The standard InChI is InChI=1S/C29H24O2/c1-2-3-8-22-19-26-24-12-7-5-10-21(24)14-17-29(26)31-28(22)18-15-25-23-11-6-4-9-20(23)13-16-27(25)30/h4-7,9-19H,2-3,8H2,1H3/p+1. The largest absolute Gasteiger partial charge is 0.507 e. The van der Waals surface area contributed by atoms with Gasteiger partial charge in [0.25, 0.3) is 0 Å². The minimum Gasteiger partial charge on any atom is -0.507 e. The summed E-state index contributed by atoms with van der Waals surface area (Å²) in [6, 6.07) is 26.7. The van der Waals surface area contributed by atoms with Gasteiger partial charge in [0.15, 0.2) is 0 Å². The lowest BCUT2D eigenvalue weighted by atomic mass is 10.00. The zero-order valence-corrected chi connectivity index (χ0v) is 17.6. The van der Waals surface area contributed by atoms with Crippen LogP contribution >= 0.6 is 0 Å². The van der Waals surface area contributed by atoms with E-state index in [-0.39, 0.29) is 5.75 Å². The minimum absolute atomic E-state index is 0.275. The fourth-order valence-corrected chi connectivity index (χ4v) is 4.26. The first kappa shape index (κ1) is 19.3. The van der Waals surface area contributed by atoms with Gasteiger partial charge in [-0.05, 0) is 58.7 Å². The molecule has 0 aliphatic heterocycles. The number of fused-ring (bicyclic) bond motifs is 4. The topological polar surface area (TPSA) is 31.5 Å². The Labute approximate surface area is 182 Å². The van der Waals surface area contributed by atoms with Crippen LogP contribution in [0.25, 0.3) is 44.7 Å². The molecule has 0 saturated heterocycles. The van der Waals surface area contributed by atoms with Gasteiger partial charge in [-0.2, -0.15) is 0 Å². The van der Waals surface area contributed by atoms with Crippen molar-refractivity contribution in [2.45, 2.75) is 26.2 Å². The van der Waals surface area contributed by atoms with Gasteiger partial charge in [-0.25, -0.2) is 4.42 Å². The number of rotatable bonds is 5. The highest BCUT2D eigenvalue weighted by Crippen LogP contribution is 2.32. The molecule has 0 spiro atoms. The molecule has 0 aliphatic rings. The van der Waals surface area contributed by atoms with E-state index in [0.717, 1.165) is 52.3 Å². The second-order valence-corrected chi connectivity index (χ2v) is 7.99. The van der Waals surface area contributed by atoms with Gasteiger partial charge >= 0.3 is 11.3 Å². The van der Waals surface area contributed by atoms with Crippen LogP contribution in [-0.4, -0.2) is 5.11 Å². The SMILES string of the molecule is CCCCc1cc2c(ccc3ccccc32)[o+]c1C=Cc1c(O)ccc2ccccc12. The Kier molecular flexibility index (Phi) is 5.13. The number of aromatic hydroxyl groups is 1. The summed E-state index contributed by atoms with van der Waals surface area (Å²) in [6.07, 6.45) is 7.16. The van der Waals surface area contributed by atoms with Gasteiger partial charge in [-0.1, -0.05) is 67.9 Å². The third-order valence-electron chi connectivity index (χ3n) is 5.93. The van der Waals surface area contributed by atoms with E-state index in [2.05, 4.69) is 49.4 Å². The maximum atomic E-state index is 10.5. The van der Waals surface area contributed by atoms with Crippen LogP contribution in [0.3, 0.4) is 0 Å². The maximum Gasteiger partial charge on any atom is 0.361 e. The zero-order valence-electron chi connectivity index (χ0n) is 17.6. The normalized spacial score (nSPS) is 11.8. The second kappa shape index (κ2) is 8.23. The van der Waals surface area contributed by atoms with E-state index in [4.69, 9.17) is 4.42 Å². The number of hydrogen-bond donors (Lipinski definition) is 1. The molecular weight excluding hydrogens is 380 g/mol. The predicted molar refractivity (Wildman–Crippen MR) is 131 cm³/mol. The molecule has 1 heterocycles. The molecule has 4 aromatic carbocycles. The van der Waals surface area contributed by atoms with E-state index < -0.39 is 0 Å². The Hall–Kier alpha value is -3.65. The fourth-order valence-electron chi connectivity index (χ4n) is 4.26. The lowest BCUT2D eigenvalue weighted by Crippen LogP contribution is -1.91. The lowest BCUT2D eigenvalue weighted by molar-refractivity contribution is 0.475. The number of phenols is 1. The molecule has 1 N–H and O–H groups in total. The summed E-state index contributed by atoms with van der Waals surface area (Å²) in [5, 5.41) is 16.2. The van der Waals surface area contributed by atoms with E-state index in [0.29, 0.717) is 0 Å². The quantitative estimate of drug-likeness (QED) is 0.236. The summed E-state index contributed by atoms with van der Waals surface area (Å²) in [5.41, 5.74) is 2.88. The second-order valence-electron chi connectivity index (χ2n) is 7.99. The van der Waals surface area contributed by atoms with Gasteiger partial charge in [-0.3, -0.25) is 0 Å². The van der Waals surface area contributed by atoms with Crippen molar-refractivity contribution in [3.05, 3.63) is 95.7 Å². The minimum atomic E-state index is 0.275. The van der Waals surface area contributed by atoms with Crippen LogP contribution < -0.4 is 0 Å². The molecule has 2 nitrogen and oxygen atoms in total. The molecule has 0 bridgehead atoms. The van der Waals surface area contributed by atoms with Crippen molar-refractivity contribution in [1.82, 2.24) is 0 Å². The first-order valence-corrected chi connectivity index (χ1v) is 10.9. The van der Waals surface area contributed by atoms with Crippen molar-refractivity contribution in [2.75, 3.05) is 0 Å². The van der Waals surface area contributed by atoms with Crippen molar-refractivity contribution in [3.8, 4) is 5.75 Å². The number of hydrogen-bond acceptors (Lipinski definition) is 1. The molecule has 2 heteroatoms. The van der Waals surface area contributed by atoms with Gasteiger partial charge < -0.3 is 5.11 Å². The maximum absolute atomic E-state index is 10.5. The summed E-state index contributed by atoms with van der Waals surface area (Å²) >= 11 is 0. The van der Waals surface area contributed by atoms with E-state index >= 15 is 0 Å². The van der Waals surface area contributed by atoms with Crippen LogP contribution in [0.4, 0.5) is 0 Å². The molecule has 0 saturated carbocycles. The highest BCUT2D eigenvalue weighted by atomic mass is 16.3. The third kappa shape index (κ3) is 3.66. The highest BCUT2D eigenvalue weighted by Gasteiger charge is 2.19. The molecule has 0 fully saturated rings. The average Bonchev–Trinajstić information content (AvgIpc) is 2.81. The number of aryl methyl sites for hydroxylation is 1. The summed E-state index contributed by atoms with van der Waals surface area (Å²) < 4.78 is 6.40. The van der Waals surface area contributed by atoms with Gasteiger partial charge in [0.2, 0.25) is 0 Å². The van der Waals surface area contributed by atoms with E-state index in [9.17, 15) is 5.11 Å². The summed E-state index contributed by atoms with van der Waals surface area (Å²) in [7, 11) is 0. The first-order chi connectivity index (χ1) is 15.2.